The van der Waals surface area contributed by atoms with Gasteiger partial charge in [-0.25, -0.2) is 4.98 Å². The fourth-order valence-electron chi connectivity index (χ4n) is 2.54. The molecule has 1 amide bonds. The molecule has 0 unspecified atom stereocenters. The highest BCUT2D eigenvalue weighted by molar-refractivity contribution is 7.21. The second kappa shape index (κ2) is 8.75. The number of thiazole rings is 1. The normalized spacial score (nSPS) is 10.6. The lowest BCUT2D eigenvalue weighted by atomic mass is 10.2. The standard InChI is InChI=1S/C21H20N2O4S/c1-13-3-9-17-18(11-13)28-21(23-17)15-5-7-16(8-6-15)22-19(25)12-27-20(26)10-4-14(2)24/h3,5-9,11H,4,10,12H2,1-2H3,(H,22,25). The number of Topliss-reactive ketones (excluding diaryl/α,β-unsaturated/α-hetero) is 1. The molecule has 0 fully saturated rings. The Hall–Kier alpha value is -3.06. The van der Waals surface area contributed by atoms with Crippen molar-refractivity contribution in [3.05, 3.63) is 48.0 Å². The fraction of sp³-hybridized carbons (Fsp3) is 0.238. The Kier molecular flexibility index (Phi) is 6.16. The summed E-state index contributed by atoms with van der Waals surface area (Å²) in [4.78, 5) is 38.8. The third-order valence-corrected chi connectivity index (χ3v) is 5.07. The van der Waals surface area contributed by atoms with Gasteiger partial charge in [0.05, 0.1) is 16.6 Å². The minimum Gasteiger partial charge on any atom is -0.456 e. The van der Waals surface area contributed by atoms with Crippen LogP contribution in [0.1, 0.15) is 25.3 Å². The van der Waals surface area contributed by atoms with Crippen LogP contribution in [0.15, 0.2) is 42.5 Å². The lowest BCUT2D eigenvalue weighted by molar-refractivity contribution is -0.148. The maximum Gasteiger partial charge on any atom is 0.306 e. The molecule has 0 aliphatic heterocycles. The first-order valence-electron chi connectivity index (χ1n) is 8.83. The summed E-state index contributed by atoms with van der Waals surface area (Å²) in [5, 5.41) is 3.59. The van der Waals surface area contributed by atoms with E-state index < -0.39 is 11.9 Å². The molecular weight excluding hydrogens is 376 g/mol. The number of nitrogens with zero attached hydrogens (tertiary/aromatic N) is 1. The first-order valence-corrected chi connectivity index (χ1v) is 9.65. The molecule has 0 atom stereocenters. The number of carbonyl (C=O) groups is 3. The minimum atomic E-state index is -0.563. The maximum atomic E-state index is 11.9. The van der Waals surface area contributed by atoms with E-state index in [1.54, 1.807) is 23.5 Å². The van der Waals surface area contributed by atoms with Gasteiger partial charge in [0, 0.05) is 17.7 Å². The molecule has 2 aromatic carbocycles. The number of aryl methyl sites for hydroxylation is 1. The molecule has 1 heterocycles. The number of aromatic nitrogens is 1. The number of anilines is 1. The smallest absolute Gasteiger partial charge is 0.306 e. The molecule has 0 saturated heterocycles. The molecule has 3 aromatic rings. The highest BCUT2D eigenvalue weighted by Crippen LogP contribution is 2.31. The van der Waals surface area contributed by atoms with Crippen molar-refractivity contribution in [2.24, 2.45) is 0 Å². The molecule has 3 rings (SSSR count). The van der Waals surface area contributed by atoms with Crippen molar-refractivity contribution in [2.45, 2.75) is 26.7 Å². The van der Waals surface area contributed by atoms with Gasteiger partial charge in [0.15, 0.2) is 6.61 Å². The van der Waals surface area contributed by atoms with E-state index in [-0.39, 0.29) is 25.2 Å². The summed E-state index contributed by atoms with van der Waals surface area (Å²) in [6, 6.07) is 13.5. The van der Waals surface area contributed by atoms with Crippen LogP contribution >= 0.6 is 11.3 Å². The Morgan fingerprint density at radius 2 is 1.82 bits per heavy atom. The molecule has 0 bridgehead atoms. The highest BCUT2D eigenvalue weighted by atomic mass is 32.1. The van der Waals surface area contributed by atoms with Crippen LogP contribution < -0.4 is 5.32 Å². The third kappa shape index (κ3) is 5.23. The van der Waals surface area contributed by atoms with Crippen molar-refractivity contribution < 1.29 is 19.1 Å². The maximum absolute atomic E-state index is 11.9. The summed E-state index contributed by atoms with van der Waals surface area (Å²) in [6.07, 6.45) is 0.103. The quantitative estimate of drug-likeness (QED) is 0.607. The minimum absolute atomic E-state index is 0.0149. The van der Waals surface area contributed by atoms with E-state index in [2.05, 4.69) is 23.3 Å². The van der Waals surface area contributed by atoms with E-state index in [1.165, 1.54) is 12.5 Å². The van der Waals surface area contributed by atoms with Crippen LogP contribution in [0.25, 0.3) is 20.8 Å². The zero-order chi connectivity index (χ0) is 20.1. The molecule has 0 radical (unpaired) electrons. The molecule has 0 spiro atoms. The first-order chi connectivity index (χ1) is 13.4. The van der Waals surface area contributed by atoms with E-state index in [0.29, 0.717) is 5.69 Å². The number of carbonyl (C=O) groups excluding carboxylic acids is 3. The van der Waals surface area contributed by atoms with Gasteiger partial charge >= 0.3 is 5.97 Å². The largest absolute Gasteiger partial charge is 0.456 e. The average molecular weight is 396 g/mol. The Labute approximate surface area is 166 Å². The molecule has 1 aromatic heterocycles. The van der Waals surface area contributed by atoms with Gasteiger partial charge in [-0.05, 0) is 55.8 Å². The van der Waals surface area contributed by atoms with Gasteiger partial charge in [-0.3, -0.25) is 9.59 Å². The van der Waals surface area contributed by atoms with Crippen molar-refractivity contribution in [3.8, 4) is 10.6 Å². The topological polar surface area (TPSA) is 85.4 Å². The van der Waals surface area contributed by atoms with Crippen LogP contribution in [-0.4, -0.2) is 29.3 Å². The second-order valence-corrected chi connectivity index (χ2v) is 7.51. The molecule has 0 saturated carbocycles. The molecular formula is C21H20N2O4S. The molecule has 6 nitrogen and oxygen atoms in total. The number of rotatable bonds is 7. The fourth-order valence-corrected chi connectivity index (χ4v) is 3.61. The summed E-state index contributed by atoms with van der Waals surface area (Å²) >= 11 is 1.62. The number of esters is 1. The van der Waals surface area contributed by atoms with E-state index in [1.807, 2.05) is 24.3 Å². The lowest BCUT2D eigenvalue weighted by Gasteiger charge is -2.07. The molecule has 0 aliphatic carbocycles. The number of hydrogen-bond acceptors (Lipinski definition) is 6. The monoisotopic (exact) mass is 396 g/mol. The zero-order valence-corrected chi connectivity index (χ0v) is 16.5. The van der Waals surface area contributed by atoms with Gasteiger partial charge in [0.25, 0.3) is 5.91 Å². The van der Waals surface area contributed by atoms with Gasteiger partial charge in [-0.2, -0.15) is 0 Å². The predicted molar refractivity (Wildman–Crippen MR) is 109 cm³/mol. The SMILES string of the molecule is CC(=O)CCC(=O)OCC(=O)Nc1ccc(-c2nc3ccc(C)cc3s2)cc1. The number of benzene rings is 2. The molecule has 1 N–H and O–H groups in total. The van der Waals surface area contributed by atoms with Gasteiger partial charge in [0.1, 0.15) is 10.8 Å². The van der Waals surface area contributed by atoms with Gasteiger partial charge < -0.3 is 14.8 Å². The van der Waals surface area contributed by atoms with Crippen LogP contribution in [0, 0.1) is 6.92 Å². The van der Waals surface area contributed by atoms with Gasteiger partial charge in [0.2, 0.25) is 0 Å². The molecule has 144 valence electrons. The van der Waals surface area contributed by atoms with Crippen LogP contribution in [0.4, 0.5) is 5.69 Å². The summed E-state index contributed by atoms with van der Waals surface area (Å²) in [5.74, 6) is -1.09. The van der Waals surface area contributed by atoms with Crippen molar-refractivity contribution >= 4 is 44.9 Å². The third-order valence-electron chi connectivity index (χ3n) is 4.00. The van der Waals surface area contributed by atoms with Crippen LogP contribution in [0.3, 0.4) is 0 Å². The van der Waals surface area contributed by atoms with Crippen molar-refractivity contribution in [1.29, 1.82) is 0 Å². The van der Waals surface area contributed by atoms with Crippen LogP contribution in [0.2, 0.25) is 0 Å². The number of ether oxygens (including phenoxy) is 1. The van der Waals surface area contributed by atoms with Crippen molar-refractivity contribution in [3.63, 3.8) is 0 Å². The zero-order valence-electron chi connectivity index (χ0n) is 15.7. The summed E-state index contributed by atoms with van der Waals surface area (Å²) in [6.45, 7) is 3.08. The van der Waals surface area contributed by atoms with Crippen LogP contribution in [-0.2, 0) is 19.1 Å². The molecule has 0 aliphatic rings. The van der Waals surface area contributed by atoms with Crippen molar-refractivity contribution in [1.82, 2.24) is 4.98 Å². The highest BCUT2D eigenvalue weighted by Gasteiger charge is 2.10. The Morgan fingerprint density at radius 3 is 2.54 bits per heavy atom. The van der Waals surface area contributed by atoms with E-state index in [9.17, 15) is 14.4 Å². The molecule has 28 heavy (non-hydrogen) atoms. The van der Waals surface area contributed by atoms with E-state index >= 15 is 0 Å². The number of hydrogen-bond donors (Lipinski definition) is 1. The number of ketones is 1. The summed E-state index contributed by atoms with van der Waals surface area (Å²) in [5.41, 5.74) is 3.73. The Balaban J connectivity index is 1.57. The first kappa shape index (κ1) is 19.7. The number of nitrogens with one attached hydrogen (secondary N) is 1. The average Bonchev–Trinajstić information content (AvgIpc) is 3.08. The Bertz CT molecular complexity index is 1020. The lowest BCUT2D eigenvalue weighted by Crippen LogP contribution is -2.21. The number of fused-ring (bicyclic) bond motifs is 1. The van der Waals surface area contributed by atoms with Gasteiger partial charge in [-0.1, -0.05) is 6.07 Å². The summed E-state index contributed by atoms with van der Waals surface area (Å²) < 4.78 is 5.99. The predicted octanol–water partition coefficient (Wildman–Crippen LogP) is 4.12. The Morgan fingerprint density at radius 1 is 1.07 bits per heavy atom. The summed E-state index contributed by atoms with van der Waals surface area (Å²) in [7, 11) is 0. The van der Waals surface area contributed by atoms with Crippen molar-refractivity contribution in [2.75, 3.05) is 11.9 Å². The van der Waals surface area contributed by atoms with E-state index in [0.717, 1.165) is 20.8 Å². The molecule has 7 heteroatoms. The van der Waals surface area contributed by atoms with Crippen LogP contribution in [0.5, 0.6) is 0 Å². The van der Waals surface area contributed by atoms with Gasteiger partial charge in [-0.15, -0.1) is 11.3 Å². The van der Waals surface area contributed by atoms with E-state index in [4.69, 9.17) is 4.74 Å². The second-order valence-electron chi connectivity index (χ2n) is 6.48. The number of amides is 1.